The highest BCUT2D eigenvalue weighted by atomic mass is 15.2. The number of para-hydroxylation sites is 1. The van der Waals surface area contributed by atoms with Crippen LogP contribution in [0.1, 0.15) is 74.9 Å². The molecule has 6 aromatic rings. The standard InChI is InChI=1S/C43H37N/c1-41(2)32-20-13-21-33-38(32)44-39-34(41)22-28(26-14-8-7-9-15-26)23-35(39)43(5,6)37-25-29(24-36(40(37)44)42(33,3)4)31-19-12-17-27-16-10-11-18-30(27)31/h7-25H,1-6H3. The monoisotopic (exact) mass is 567 g/mol. The molecule has 0 saturated heterocycles. The van der Waals surface area contributed by atoms with Gasteiger partial charge >= 0.3 is 0 Å². The van der Waals surface area contributed by atoms with Crippen LogP contribution in [-0.2, 0) is 16.2 Å². The molecule has 0 bridgehead atoms. The molecule has 0 N–H and O–H groups in total. The lowest BCUT2D eigenvalue weighted by molar-refractivity contribution is 0.567. The molecule has 44 heavy (non-hydrogen) atoms. The number of rotatable bonds is 2. The molecule has 3 aliphatic heterocycles. The van der Waals surface area contributed by atoms with E-state index in [1.54, 1.807) is 0 Å². The van der Waals surface area contributed by atoms with E-state index in [4.69, 9.17) is 0 Å². The van der Waals surface area contributed by atoms with Gasteiger partial charge in [-0.2, -0.15) is 0 Å². The van der Waals surface area contributed by atoms with Crippen molar-refractivity contribution in [2.45, 2.75) is 57.8 Å². The molecular weight excluding hydrogens is 530 g/mol. The number of fused-ring (bicyclic) bond motifs is 1. The minimum absolute atomic E-state index is 0.138. The smallest absolute Gasteiger partial charge is 0.0544 e. The van der Waals surface area contributed by atoms with Crippen LogP contribution < -0.4 is 4.90 Å². The van der Waals surface area contributed by atoms with Crippen molar-refractivity contribution in [1.82, 2.24) is 0 Å². The summed E-state index contributed by atoms with van der Waals surface area (Å²) >= 11 is 0. The van der Waals surface area contributed by atoms with Crippen LogP contribution in [0.25, 0.3) is 33.0 Å². The maximum absolute atomic E-state index is 2.67. The minimum Gasteiger partial charge on any atom is -0.309 e. The highest BCUT2D eigenvalue weighted by Gasteiger charge is 2.52. The maximum Gasteiger partial charge on any atom is 0.0544 e. The van der Waals surface area contributed by atoms with Crippen molar-refractivity contribution in [1.29, 1.82) is 0 Å². The zero-order valence-electron chi connectivity index (χ0n) is 26.4. The number of anilines is 3. The first-order valence-electron chi connectivity index (χ1n) is 16.0. The Balaban J connectivity index is 1.43. The van der Waals surface area contributed by atoms with E-state index in [2.05, 4.69) is 162 Å². The van der Waals surface area contributed by atoms with Crippen molar-refractivity contribution in [2.75, 3.05) is 4.90 Å². The van der Waals surface area contributed by atoms with Gasteiger partial charge in [0.15, 0.2) is 0 Å². The predicted molar refractivity (Wildman–Crippen MR) is 186 cm³/mol. The summed E-state index contributed by atoms with van der Waals surface area (Å²) in [4.78, 5) is 2.67. The number of nitrogens with zero attached hydrogens (tertiary/aromatic N) is 1. The Morgan fingerprint density at radius 2 is 0.841 bits per heavy atom. The van der Waals surface area contributed by atoms with Crippen molar-refractivity contribution < 1.29 is 0 Å². The number of benzene rings is 6. The first-order valence-corrected chi connectivity index (χ1v) is 16.0. The number of hydrogen-bond donors (Lipinski definition) is 0. The molecule has 0 aliphatic carbocycles. The molecule has 1 nitrogen and oxygen atoms in total. The van der Waals surface area contributed by atoms with E-state index in [1.165, 1.54) is 83.5 Å². The fourth-order valence-electron chi connectivity index (χ4n) is 8.65. The van der Waals surface area contributed by atoms with E-state index >= 15 is 0 Å². The van der Waals surface area contributed by atoms with Crippen LogP contribution in [-0.4, -0.2) is 0 Å². The lowest BCUT2D eigenvalue weighted by Gasteiger charge is -2.55. The van der Waals surface area contributed by atoms with Gasteiger partial charge in [0.05, 0.1) is 17.1 Å². The summed E-state index contributed by atoms with van der Waals surface area (Å²) in [6.45, 7) is 14.6. The predicted octanol–water partition coefficient (Wildman–Crippen LogP) is 11.6. The summed E-state index contributed by atoms with van der Waals surface area (Å²) in [5.41, 5.74) is 17.3. The maximum atomic E-state index is 2.67. The zero-order chi connectivity index (χ0) is 30.2. The van der Waals surface area contributed by atoms with E-state index in [-0.39, 0.29) is 16.2 Å². The van der Waals surface area contributed by atoms with E-state index in [0.29, 0.717) is 0 Å². The summed E-state index contributed by atoms with van der Waals surface area (Å²) in [5, 5.41) is 2.59. The Morgan fingerprint density at radius 3 is 1.45 bits per heavy atom. The highest BCUT2D eigenvalue weighted by molar-refractivity contribution is 6.02. The van der Waals surface area contributed by atoms with Gasteiger partial charge in [0, 0.05) is 16.2 Å². The molecule has 1 heteroatoms. The molecule has 0 unspecified atom stereocenters. The van der Waals surface area contributed by atoms with E-state index in [9.17, 15) is 0 Å². The van der Waals surface area contributed by atoms with Gasteiger partial charge in [-0.1, -0.05) is 133 Å². The van der Waals surface area contributed by atoms with Crippen LogP contribution >= 0.6 is 0 Å². The van der Waals surface area contributed by atoms with Crippen molar-refractivity contribution in [2.24, 2.45) is 0 Å². The molecular formula is C43H37N. The normalized spacial score (nSPS) is 17.4. The van der Waals surface area contributed by atoms with E-state index < -0.39 is 0 Å². The molecule has 3 aliphatic rings. The van der Waals surface area contributed by atoms with Gasteiger partial charge in [0.25, 0.3) is 0 Å². The fourth-order valence-corrected chi connectivity index (χ4v) is 8.65. The Morgan fingerprint density at radius 1 is 0.386 bits per heavy atom. The van der Waals surface area contributed by atoms with E-state index in [0.717, 1.165) is 0 Å². The second-order valence-corrected chi connectivity index (χ2v) is 14.6. The molecule has 0 saturated carbocycles. The molecule has 0 radical (unpaired) electrons. The summed E-state index contributed by atoms with van der Waals surface area (Å²) in [7, 11) is 0. The SMILES string of the molecule is CC1(C)c2cccc3c2N2c4c1cc(-c1ccccc1)cc4C(C)(C)c1cc(-c4cccc5ccccc45)cc(c12)C3(C)C. The van der Waals surface area contributed by atoms with Gasteiger partial charge in [-0.3, -0.25) is 0 Å². The van der Waals surface area contributed by atoms with Crippen LogP contribution in [0.4, 0.5) is 17.1 Å². The molecule has 9 rings (SSSR count). The lowest BCUT2D eigenvalue weighted by atomic mass is 9.60. The van der Waals surface area contributed by atoms with Gasteiger partial charge in [0.2, 0.25) is 0 Å². The van der Waals surface area contributed by atoms with Gasteiger partial charge in [-0.25, -0.2) is 0 Å². The summed E-state index contributed by atoms with van der Waals surface area (Å²) in [5.74, 6) is 0. The van der Waals surface area contributed by atoms with Gasteiger partial charge in [-0.15, -0.1) is 0 Å². The molecule has 6 aromatic carbocycles. The first kappa shape index (κ1) is 25.8. The third kappa shape index (κ3) is 3.10. The van der Waals surface area contributed by atoms with Crippen LogP contribution in [0.2, 0.25) is 0 Å². The van der Waals surface area contributed by atoms with Gasteiger partial charge < -0.3 is 4.90 Å². The van der Waals surface area contributed by atoms with Gasteiger partial charge in [0.1, 0.15) is 0 Å². The minimum atomic E-state index is -0.202. The quantitative estimate of drug-likeness (QED) is 0.201. The third-order valence-electron chi connectivity index (χ3n) is 11.2. The van der Waals surface area contributed by atoms with E-state index in [1.807, 2.05) is 0 Å². The largest absolute Gasteiger partial charge is 0.309 e. The average Bonchev–Trinajstić information content (AvgIpc) is 3.03. The molecule has 0 aromatic heterocycles. The molecule has 0 fully saturated rings. The van der Waals surface area contributed by atoms with Crippen LogP contribution in [0.3, 0.4) is 0 Å². The first-order chi connectivity index (χ1) is 21.1. The van der Waals surface area contributed by atoms with Crippen molar-refractivity contribution >= 4 is 27.8 Å². The topological polar surface area (TPSA) is 3.24 Å². The van der Waals surface area contributed by atoms with Crippen molar-refractivity contribution in [3.63, 3.8) is 0 Å². The molecule has 3 heterocycles. The second-order valence-electron chi connectivity index (χ2n) is 14.6. The molecule has 0 amide bonds. The van der Waals surface area contributed by atoms with Crippen molar-refractivity contribution in [3.8, 4) is 22.3 Å². The summed E-state index contributed by atoms with van der Waals surface area (Å²) in [6.07, 6.45) is 0. The highest BCUT2D eigenvalue weighted by Crippen LogP contribution is 2.66. The van der Waals surface area contributed by atoms with Crippen molar-refractivity contribution in [3.05, 3.63) is 149 Å². The summed E-state index contributed by atoms with van der Waals surface area (Å²) in [6, 6.07) is 43.5. The number of hydrogen-bond acceptors (Lipinski definition) is 1. The van der Waals surface area contributed by atoms with Crippen LogP contribution in [0.5, 0.6) is 0 Å². The molecule has 214 valence electrons. The Labute approximate surface area is 260 Å². The molecule has 0 spiro atoms. The Bertz CT molecular complexity index is 2190. The second kappa shape index (κ2) is 8.30. The van der Waals surface area contributed by atoms with Gasteiger partial charge in [-0.05, 0) is 90.7 Å². The van der Waals surface area contributed by atoms with Crippen LogP contribution in [0, 0.1) is 0 Å². The average molecular weight is 568 g/mol. The Kier molecular flexibility index (Phi) is 4.87. The Hall–Kier alpha value is -4.62. The lowest BCUT2D eigenvalue weighted by Crippen LogP contribution is -2.43. The third-order valence-corrected chi connectivity index (χ3v) is 11.2. The summed E-state index contributed by atoms with van der Waals surface area (Å²) < 4.78 is 0. The van der Waals surface area contributed by atoms with Crippen LogP contribution in [0.15, 0.2) is 115 Å². The zero-order valence-corrected chi connectivity index (χ0v) is 26.4. The molecule has 0 atom stereocenters. The fraction of sp³-hybridized carbons (Fsp3) is 0.209.